The van der Waals surface area contributed by atoms with Crippen LogP contribution in [0.3, 0.4) is 0 Å². The monoisotopic (exact) mass is 502 g/mol. The van der Waals surface area contributed by atoms with Crippen molar-refractivity contribution in [3.8, 4) is 0 Å². The van der Waals surface area contributed by atoms with Crippen molar-refractivity contribution >= 4 is 56.8 Å². The van der Waals surface area contributed by atoms with Crippen molar-refractivity contribution in [3.05, 3.63) is 133 Å². The zero-order valence-corrected chi connectivity index (χ0v) is 21.4. The molecule has 0 radical (unpaired) electrons. The van der Waals surface area contributed by atoms with E-state index in [0.717, 1.165) is 0 Å². The van der Waals surface area contributed by atoms with E-state index in [0.29, 0.717) is 0 Å². The highest BCUT2D eigenvalue weighted by atomic mass is 32.2. The van der Waals surface area contributed by atoms with Crippen LogP contribution < -0.4 is 0 Å². The quantitative estimate of drug-likeness (QED) is 0.222. The number of hydrogen-bond donors (Lipinski definition) is 0. The summed E-state index contributed by atoms with van der Waals surface area (Å²) < 4.78 is 0. The van der Waals surface area contributed by atoms with Crippen LogP contribution in [0.4, 0.5) is 0 Å². The second-order valence-corrected chi connectivity index (χ2v) is 11.4. The summed E-state index contributed by atoms with van der Waals surface area (Å²) in [5.74, 6) is 0. The predicted molar refractivity (Wildman–Crippen MR) is 153 cm³/mol. The molecule has 0 spiro atoms. The van der Waals surface area contributed by atoms with Gasteiger partial charge in [0.25, 0.3) is 0 Å². The molecule has 6 aromatic rings. The molecule has 3 heteroatoms. The molecule has 0 aliphatic carbocycles. The van der Waals surface area contributed by atoms with Crippen LogP contribution in [0, 0.1) is 0 Å². The molecular weight excluding hydrogens is 481 g/mol. The van der Waals surface area contributed by atoms with Gasteiger partial charge in [0.15, 0.2) is 0 Å². The highest BCUT2D eigenvalue weighted by Crippen LogP contribution is 2.48. The highest BCUT2D eigenvalue weighted by Gasteiger charge is 2.16. The van der Waals surface area contributed by atoms with Gasteiger partial charge in [0, 0.05) is 29.4 Å². The number of rotatable bonds is 6. The van der Waals surface area contributed by atoms with Crippen LogP contribution in [-0.2, 0) is 0 Å². The zero-order chi connectivity index (χ0) is 23.5. The van der Waals surface area contributed by atoms with Gasteiger partial charge in [0.2, 0.25) is 0 Å². The summed E-state index contributed by atoms with van der Waals surface area (Å²) in [6.45, 7) is 0. The van der Waals surface area contributed by atoms with E-state index < -0.39 is 0 Å². The molecule has 0 fully saturated rings. The average molecular weight is 503 g/mol. The van der Waals surface area contributed by atoms with Crippen molar-refractivity contribution in [1.82, 2.24) is 0 Å². The highest BCUT2D eigenvalue weighted by molar-refractivity contribution is 8.04. The molecule has 0 amide bonds. The Kier molecular flexibility index (Phi) is 6.55. The van der Waals surface area contributed by atoms with Gasteiger partial charge in [-0.05, 0) is 57.9 Å². The molecule has 6 rings (SSSR count). The molecule has 0 nitrogen and oxygen atoms in total. The van der Waals surface area contributed by atoms with Gasteiger partial charge < -0.3 is 0 Å². The molecule has 0 unspecified atom stereocenters. The Hall–Kier alpha value is -3.11. The molecule has 168 valence electrons. The Labute approximate surface area is 218 Å². The van der Waals surface area contributed by atoms with Crippen LogP contribution in [0.2, 0.25) is 0 Å². The molecule has 6 aromatic carbocycles. The first-order valence-electron chi connectivity index (χ1n) is 11.5. The Morgan fingerprint density at radius 2 is 0.714 bits per heavy atom. The lowest BCUT2D eigenvalue weighted by Gasteiger charge is -2.17. The fraction of sp³-hybridized carbons (Fsp3) is 0. The Balaban J connectivity index is 1.52. The molecule has 0 saturated carbocycles. The predicted octanol–water partition coefficient (Wildman–Crippen LogP) is 10.4. The molecule has 35 heavy (non-hydrogen) atoms. The van der Waals surface area contributed by atoms with Gasteiger partial charge in [0.05, 0.1) is 0 Å². The molecule has 0 atom stereocenters. The van der Waals surface area contributed by atoms with Crippen LogP contribution in [0.15, 0.2) is 163 Å². The van der Waals surface area contributed by atoms with Gasteiger partial charge >= 0.3 is 0 Å². The van der Waals surface area contributed by atoms with Gasteiger partial charge in [-0.15, -0.1) is 0 Å². The van der Waals surface area contributed by atoms with Crippen molar-refractivity contribution < 1.29 is 0 Å². The Morgan fingerprint density at radius 1 is 0.314 bits per heavy atom. The Morgan fingerprint density at radius 3 is 1.17 bits per heavy atom. The van der Waals surface area contributed by atoms with E-state index in [1.807, 2.05) is 35.3 Å². The van der Waals surface area contributed by atoms with Crippen molar-refractivity contribution in [2.75, 3.05) is 0 Å². The van der Waals surface area contributed by atoms with Crippen molar-refractivity contribution in [2.45, 2.75) is 29.4 Å². The summed E-state index contributed by atoms with van der Waals surface area (Å²) in [4.78, 5) is 7.68. The summed E-state index contributed by atoms with van der Waals surface area (Å²) in [7, 11) is 0. The summed E-state index contributed by atoms with van der Waals surface area (Å²) in [5, 5.41) is 5.12. The largest absolute Gasteiger partial charge is 0.0889 e. The number of benzene rings is 6. The number of fused-ring (bicyclic) bond motifs is 2. The SMILES string of the molecule is c1ccc(Sc2ccc3ccccc3c2Sc2c(Sc3ccccc3)ccc3ccccc23)cc1. The summed E-state index contributed by atoms with van der Waals surface area (Å²) in [5.41, 5.74) is 0. The lowest BCUT2D eigenvalue weighted by atomic mass is 10.1. The third kappa shape index (κ3) is 4.85. The topological polar surface area (TPSA) is 0 Å². The fourth-order valence-corrected chi connectivity index (χ4v) is 7.56. The summed E-state index contributed by atoms with van der Waals surface area (Å²) in [6, 6.07) is 47.8. The first kappa shape index (κ1) is 22.4. The smallest absolute Gasteiger partial charge is 0.0341 e. The van der Waals surface area contributed by atoms with Crippen LogP contribution in [0.25, 0.3) is 21.5 Å². The second kappa shape index (κ2) is 10.2. The minimum Gasteiger partial charge on any atom is -0.0889 e. The van der Waals surface area contributed by atoms with Crippen molar-refractivity contribution in [2.24, 2.45) is 0 Å². The first-order chi connectivity index (χ1) is 17.3. The van der Waals surface area contributed by atoms with Gasteiger partial charge in [-0.1, -0.05) is 132 Å². The Bertz CT molecular complexity index is 1490. The van der Waals surface area contributed by atoms with Crippen LogP contribution in [0.1, 0.15) is 0 Å². The van der Waals surface area contributed by atoms with Gasteiger partial charge in [-0.3, -0.25) is 0 Å². The van der Waals surface area contributed by atoms with Gasteiger partial charge in [-0.25, -0.2) is 0 Å². The second-order valence-electron chi connectivity index (χ2n) is 8.16. The molecule has 0 saturated heterocycles. The molecule has 0 aromatic heterocycles. The van der Waals surface area contributed by atoms with E-state index >= 15 is 0 Å². The third-order valence-corrected chi connectivity index (χ3v) is 9.52. The lowest BCUT2D eigenvalue weighted by molar-refractivity contribution is 1.25. The van der Waals surface area contributed by atoms with E-state index in [-0.39, 0.29) is 0 Å². The van der Waals surface area contributed by atoms with E-state index in [9.17, 15) is 0 Å². The summed E-state index contributed by atoms with van der Waals surface area (Å²) in [6.07, 6.45) is 0. The standard InChI is InChI=1S/C32H22S3/c1-3-13-25(14-4-1)33-29-21-19-23-11-7-9-17-27(23)31(29)35-32-28-18-10-8-12-24(28)20-22-30(32)34-26-15-5-2-6-16-26/h1-22H. The van der Waals surface area contributed by atoms with E-state index in [1.165, 1.54) is 50.9 Å². The first-order valence-corrected chi connectivity index (χ1v) is 14.0. The maximum absolute atomic E-state index is 2.28. The van der Waals surface area contributed by atoms with Gasteiger partial charge in [0.1, 0.15) is 0 Å². The third-order valence-electron chi connectivity index (χ3n) is 5.83. The molecule has 0 aliphatic heterocycles. The maximum atomic E-state index is 2.28. The molecular formula is C32H22S3. The molecule has 0 bridgehead atoms. The summed E-state index contributed by atoms with van der Waals surface area (Å²) >= 11 is 5.57. The molecule has 0 aliphatic rings. The van der Waals surface area contributed by atoms with E-state index in [1.54, 1.807) is 0 Å². The van der Waals surface area contributed by atoms with Crippen LogP contribution in [-0.4, -0.2) is 0 Å². The van der Waals surface area contributed by atoms with E-state index in [4.69, 9.17) is 0 Å². The van der Waals surface area contributed by atoms with E-state index in [2.05, 4.69) is 133 Å². The average Bonchev–Trinajstić information content (AvgIpc) is 2.92. The van der Waals surface area contributed by atoms with Crippen LogP contribution >= 0.6 is 35.3 Å². The van der Waals surface area contributed by atoms with Crippen LogP contribution in [0.5, 0.6) is 0 Å². The minimum absolute atomic E-state index is 1.25. The maximum Gasteiger partial charge on any atom is 0.0341 e. The minimum atomic E-state index is 1.25. The molecule has 0 N–H and O–H groups in total. The number of hydrogen-bond acceptors (Lipinski definition) is 3. The van der Waals surface area contributed by atoms with Crippen molar-refractivity contribution in [3.63, 3.8) is 0 Å². The van der Waals surface area contributed by atoms with Gasteiger partial charge in [-0.2, -0.15) is 0 Å². The lowest BCUT2D eigenvalue weighted by Crippen LogP contribution is -1.88. The zero-order valence-electron chi connectivity index (χ0n) is 18.9. The molecule has 0 heterocycles. The fourth-order valence-electron chi connectivity index (χ4n) is 4.15. The van der Waals surface area contributed by atoms with Crippen molar-refractivity contribution in [1.29, 1.82) is 0 Å². The normalized spacial score (nSPS) is 11.2.